The molecule has 3 aromatic carbocycles. The first-order chi connectivity index (χ1) is 21.7. The van der Waals surface area contributed by atoms with Gasteiger partial charge in [-0.05, 0) is 123 Å². The van der Waals surface area contributed by atoms with E-state index in [1.54, 1.807) is 14.2 Å². The molecular formula is C38H51N2O4P. The molecule has 3 aromatic rings. The fraction of sp³-hybridized carbons (Fsp3) is 0.500. The van der Waals surface area contributed by atoms with E-state index in [0.717, 1.165) is 77.8 Å². The summed E-state index contributed by atoms with van der Waals surface area (Å²) >= 11 is 0. The molecule has 0 amide bonds. The maximum Gasteiger partial charge on any atom is 0.152 e. The Kier molecular flexibility index (Phi) is 12.7. The molecule has 1 saturated carbocycles. The smallest absolute Gasteiger partial charge is 0.152 e. The number of ether oxygens (including phenoxy) is 3. The Morgan fingerprint density at radius 2 is 1.33 bits per heavy atom. The summed E-state index contributed by atoms with van der Waals surface area (Å²) in [7, 11) is 0.756. The molecule has 0 heterocycles. The highest BCUT2D eigenvalue weighted by atomic mass is 31.2. The van der Waals surface area contributed by atoms with Gasteiger partial charge in [0, 0.05) is 37.4 Å². The molecule has 0 bridgehead atoms. The minimum Gasteiger partial charge on any atom is -0.497 e. The van der Waals surface area contributed by atoms with Crippen LogP contribution in [0.3, 0.4) is 0 Å². The van der Waals surface area contributed by atoms with Crippen LogP contribution in [0.1, 0.15) is 65.4 Å². The van der Waals surface area contributed by atoms with Crippen molar-refractivity contribution >= 4 is 7.29 Å². The molecule has 0 aromatic heterocycles. The summed E-state index contributed by atoms with van der Waals surface area (Å²) in [6, 6.07) is 25.6. The lowest BCUT2D eigenvalue weighted by Crippen LogP contribution is -2.37. The van der Waals surface area contributed by atoms with Gasteiger partial charge in [0.1, 0.15) is 11.5 Å². The maximum atomic E-state index is 14.3. The van der Waals surface area contributed by atoms with Gasteiger partial charge in [-0.3, -0.25) is 0 Å². The Morgan fingerprint density at radius 1 is 0.800 bits per heavy atom. The minimum atomic E-state index is -2.61. The highest BCUT2D eigenvalue weighted by molar-refractivity contribution is 7.61. The zero-order valence-electron chi connectivity index (χ0n) is 28.0. The second kappa shape index (κ2) is 16.5. The van der Waals surface area contributed by atoms with Crippen LogP contribution in [0.2, 0.25) is 0 Å². The largest absolute Gasteiger partial charge is 0.497 e. The van der Waals surface area contributed by atoms with E-state index in [-0.39, 0.29) is 12.1 Å². The van der Waals surface area contributed by atoms with E-state index >= 15 is 0 Å². The minimum absolute atomic E-state index is 0.201. The third-order valence-corrected chi connectivity index (χ3v) is 12.9. The van der Waals surface area contributed by atoms with Gasteiger partial charge in [0.2, 0.25) is 0 Å². The van der Waals surface area contributed by atoms with Crippen molar-refractivity contribution in [3.05, 3.63) is 72.3 Å². The number of methoxy groups -OCH3 is 2. The third kappa shape index (κ3) is 9.23. The monoisotopic (exact) mass is 630 g/mol. The van der Waals surface area contributed by atoms with Crippen molar-refractivity contribution in [2.45, 2.75) is 78.5 Å². The molecule has 6 nitrogen and oxygen atoms in total. The van der Waals surface area contributed by atoms with E-state index in [4.69, 9.17) is 14.2 Å². The van der Waals surface area contributed by atoms with Gasteiger partial charge >= 0.3 is 0 Å². The van der Waals surface area contributed by atoms with Crippen LogP contribution in [0.5, 0.6) is 11.5 Å². The molecule has 0 aliphatic heterocycles. The van der Waals surface area contributed by atoms with Crippen molar-refractivity contribution < 1.29 is 18.8 Å². The van der Waals surface area contributed by atoms with E-state index in [9.17, 15) is 9.83 Å². The molecule has 0 saturated heterocycles. The van der Waals surface area contributed by atoms with E-state index < -0.39 is 7.29 Å². The topological polar surface area (TPSA) is 71.8 Å². The van der Waals surface area contributed by atoms with Crippen molar-refractivity contribution in [2.75, 3.05) is 33.2 Å². The Balaban J connectivity index is 1.40. The second-order valence-corrected chi connectivity index (χ2v) is 15.9. The number of hydrogen-bond donors (Lipinski definition) is 0. The molecule has 1 unspecified atom stereocenters. The third-order valence-electron chi connectivity index (χ3n) is 9.11. The molecule has 0 radical (unpaired) electrons. The van der Waals surface area contributed by atoms with Crippen molar-refractivity contribution in [3.63, 3.8) is 0 Å². The lowest BCUT2D eigenvalue weighted by molar-refractivity contribution is 0.0686. The fourth-order valence-electron chi connectivity index (χ4n) is 6.99. The molecule has 0 N–H and O–H groups in total. The van der Waals surface area contributed by atoms with Gasteiger partial charge in [-0.15, -0.1) is 0 Å². The van der Waals surface area contributed by atoms with Crippen LogP contribution < -0.4 is 9.47 Å². The SMILES string of the molecule is COc1ccc(-c2ccc(COCC3CCC(CP(=O)(CCC#N)N(C(C)C)C(C)C)CC3)c(-c3ccc(OC)cc3)c2)cc1. The molecule has 1 fully saturated rings. The van der Waals surface area contributed by atoms with Gasteiger partial charge in [-0.2, -0.15) is 5.26 Å². The standard InChI is InChI=1S/C38H51N2O4P/c1-28(2)40(29(3)4)45(41,23-7-22-39)27-31-10-8-30(9-11-31)25-44-26-35-13-12-34(32-14-18-36(42-5)19-15-32)24-38(35)33-16-20-37(43-6)21-17-33/h12-21,24,28-31H,7-11,23,25-27H2,1-6H3. The average Bonchev–Trinajstić information content (AvgIpc) is 3.04. The van der Waals surface area contributed by atoms with Crippen LogP contribution in [-0.4, -0.2) is 49.9 Å². The lowest BCUT2D eigenvalue weighted by atomic mass is 9.83. The Labute approximate surface area is 271 Å². The van der Waals surface area contributed by atoms with E-state index in [0.29, 0.717) is 31.0 Å². The first kappa shape index (κ1) is 34.8. The Morgan fingerprint density at radius 3 is 1.87 bits per heavy atom. The fourth-order valence-corrected chi connectivity index (χ4v) is 10.9. The second-order valence-electron chi connectivity index (χ2n) is 13.0. The van der Waals surface area contributed by atoms with Crippen molar-refractivity contribution in [2.24, 2.45) is 11.8 Å². The van der Waals surface area contributed by atoms with Gasteiger partial charge in [0.15, 0.2) is 7.29 Å². The van der Waals surface area contributed by atoms with Crippen LogP contribution in [0.25, 0.3) is 22.3 Å². The molecule has 7 heteroatoms. The summed E-state index contributed by atoms with van der Waals surface area (Å²) in [5.74, 6) is 2.63. The Hall–Kier alpha value is -3.10. The number of hydrogen-bond acceptors (Lipinski definition) is 5. The maximum absolute atomic E-state index is 14.3. The van der Waals surface area contributed by atoms with E-state index in [1.807, 2.05) is 24.3 Å². The summed E-state index contributed by atoms with van der Waals surface area (Å²) in [5.41, 5.74) is 5.72. The lowest BCUT2D eigenvalue weighted by Gasteiger charge is -2.40. The summed E-state index contributed by atoms with van der Waals surface area (Å²) in [6.07, 6.45) is 5.91. The van der Waals surface area contributed by atoms with E-state index in [1.165, 1.54) is 0 Å². The van der Waals surface area contributed by atoms with Crippen LogP contribution in [0.4, 0.5) is 0 Å². The first-order valence-corrected chi connectivity index (χ1v) is 18.4. The number of nitrogens with zero attached hydrogens (tertiary/aromatic N) is 2. The average molecular weight is 631 g/mol. The molecule has 1 atom stereocenters. The summed E-state index contributed by atoms with van der Waals surface area (Å²) < 4.78 is 33.6. The highest BCUT2D eigenvalue weighted by Crippen LogP contribution is 2.55. The molecule has 0 spiro atoms. The number of benzene rings is 3. The van der Waals surface area contributed by atoms with Crippen molar-refractivity contribution in [1.29, 1.82) is 5.26 Å². The predicted octanol–water partition coefficient (Wildman–Crippen LogP) is 9.67. The van der Waals surface area contributed by atoms with Crippen molar-refractivity contribution in [1.82, 2.24) is 4.67 Å². The summed E-state index contributed by atoms with van der Waals surface area (Å²) in [4.78, 5) is 0. The van der Waals surface area contributed by atoms with Gasteiger partial charge in [0.25, 0.3) is 0 Å². The summed E-state index contributed by atoms with van der Waals surface area (Å²) in [5, 5.41) is 9.27. The summed E-state index contributed by atoms with van der Waals surface area (Å²) in [6.45, 7) is 9.77. The van der Waals surface area contributed by atoms with Gasteiger partial charge in [0.05, 0.1) is 26.9 Å². The zero-order chi connectivity index (χ0) is 32.4. The number of nitriles is 1. The quantitative estimate of drug-likeness (QED) is 0.156. The molecule has 1 aliphatic carbocycles. The highest BCUT2D eigenvalue weighted by Gasteiger charge is 2.37. The van der Waals surface area contributed by atoms with Gasteiger partial charge < -0.3 is 18.8 Å². The molecule has 1 aliphatic rings. The van der Waals surface area contributed by atoms with Crippen LogP contribution in [-0.2, 0) is 15.9 Å². The Bertz CT molecular complexity index is 1430. The number of rotatable bonds is 15. The molecule has 45 heavy (non-hydrogen) atoms. The van der Waals surface area contributed by atoms with Crippen LogP contribution in [0.15, 0.2) is 66.7 Å². The van der Waals surface area contributed by atoms with E-state index in [2.05, 4.69) is 80.9 Å². The van der Waals surface area contributed by atoms with Crippen molar-refractivity contribution in [3.8, 4) is 39.8 Å². The van der Waals surface area contributed by atoms with Crippen LogP contribution >= 0.6 is 7.29 Å². The molecule has 242 valence electrons. The predicted molar refractivity (Wildman–Crippen MR) is 185 cm³/mol. The normalized spacial score (nSPS) is 18.1. The van der Waals surface area contributed by atoms with Gasteiger partial charge in [-0.1, -0.05) is 36.4 Å². The van der Waals surface area contributed by atoms with Crippen LogP contribution in [0, 0.1) is 23.2 Å². The zero-order valence-corrected chi connectivity index (χ0v) is 28.9. The molecule has 4 rings (SSSR count). The molecular weight excluding hydrogens is 579 g/mol. The first-order valence-electron chi connectivity index (χ1n) is 16.4. The van der Waals surface area contributed by atoms with Gasteiger partial charge in [-0.25, -0.2) is 4.67 Å².